The lowest BCUT2D eigenvalue weighted by atomic mass is 9.91. The fraction of sp³-hybridized carbons (Fsp3) is 0.536. The van der Waals surface area contributed by atoms with Crippen molar-refractivity contribution in [2.75, 3.05) is 7.11 Å². The number of methoxy groups -OCH3 is 1. The van der Waals surface area contributed by atoms with Crippen molar-refractivity contribution in [1.29, 1.82) is 0 Å². The minimum Gasteiger partial charge on any atom is -0.497 e. The van der Waals surface area contributed by atoms with E-state index in [1.54, 1.807) is 7.11 Å². The van der Waals surface area contributed by atoms with E-state index in [0.29, 0.717) is 18.6 Å². The fourth-order valence-corrected chi connectivity index (χ4v) is 4.03. The van der Waals surface area contributed by atoms with Crippen molar-refractivity contribution in [1.82, 2.24) is 0 Å². The third-order valence-electron chi connectivity index (χ3n) is 6.02. The summed E-state index contributed by atoms with van der Waals surface area (Å²) in [6.45, 7) is 12.1. The molecule has 0 saturated heterocycles. The lowest BCUT2D eigenvalue weighted by Crippen LogP contribution is -2.36. The van der Waals surface area contributed by atoms with E-state index in [0.717, 1.165) is 47.5 Å². The van der Waals surface area contributed by atoms with Crippen molar-refractivity contribution in [3.63, 3.8) is 0 Å². The number of benzene rings is 1. The van der Waals surface area contributed by atoms with Crippen LogP contribution in [-0.2, 0) is 4.79 Å². The Morgan fingerprint density at radius 3 is 2.66 bits per heavy atom. The number of fused-ring (bicyclic) bond motifs is 1. The Bertz CT molecular complexity index is 889. The molecule has 0 amide bonds. The second kappa shape index (κ2) is 11.5. The highest BCUT2D eigenvalue weighted by molar-refractivity contribution is 5.82. The van der Waals surface area contributed by atoms with E-state index < -0.39 is 11.7 Å². The van der Waals surface area contributed by atoms with Crippen LogP contribution in [0.4, 0.5) is 0 Å². The number of carbonyl (C=O) groups excluding carboxylic acids is 1. The predicted octanol–water partition coefficient (Wildman–Crippen LogP) is 6.60. The number of ketones is 1. The van der Waals surface area contributed by atoms with E-state index >= 15 is 0 Å². The zero-order chi connectivity index (χ0) is 23.9. The lowest BCUT2D eigenvalue weighted by molar-refractivity contribution is -0.121. The number of hydrogen-bond donors (Lipinski definition) is 1. The molecule has 0 fully saturated rings. The van der Waals surface area contributed by atoms with Crippen molar-refractivity contribution >= 4 is 11.9 Å². The van der Waals surface area contributed by atoms with Crippen LogP contribution in [0, 0.1) is 12.8 Å². The quantitative estimate of drug-likeness (QED) is 0.394. The first kappa shape index (κ1) is 25.9. The van der Waals surface area contributed by atoms with Gasteiger partial charge in [-0.15, -0.1) is 0 Å². The standard InChI is InChI=1S/C28H40O4/c1-19(2)11-12-26(30)21(4)10-8-9-20(3)15-24(29)18-28(6)14-13-23-17-25(31-7)16-22(5)27(23)32-28/h11,13-17,21,24,29H,8-10,12,18H2,1-7H3/b20-15+/t21?,24?,28-/m0/s1. The third kappa shape index (κ3) is 7.67. The molecule has 2 unspecified atom stereocenters. The molecule has 32 heavy (non-hydrogen) atoms. The number of ether oxygens (including phenoxy) is 2. The molecule has 0 bridgehead atoms. The van der Waals surface area contributed by atoms with Crippen LogP contribution >= 0.6 is 0 Å². The zero-order valence-electron chi connectivity index (χ0n) is 20.8. The summed E-state index contributed by atoms with van der Waals surface area (Å²) in [6, 6.07) is 3.93. The van der Waals surface area contributed by atoms with Crippen molar-refractivity contribution < 1.29 is 19.4 Å². The first-order valence-corrected chi connectivity index (χ1v) is 11.6. The van der Waals surface area contributed by atoms with Gasteiger partial charge in [-0.3, -0.25) is 4.79 Å². The van der Waals surface area contributed by atoms with Gasteiger partial charge in [0.25, 0.3) is 0 Å². The first-order chi connectivity index (χ1) is 15.0. The molecule has 4 nitrogen and oxygen atoms in total. The molecule has 1 aliphatic heterocycles. The topological polar surface area (TPSA) is 55.8 Å². The fourth-order valence-electron chi connectivity index (χ4n) is 4.03. The molecule has 1 aromatic carbocycles. The Balaban J connectivity index is 1.88. The smallest absolute Gasteiger partial charge is 0.139 e. The van der Waals surface area contributed by atoms with Gasteiger partial charge in [0.05, 0.1) is 13.2 Å². The highest BCUT2D eigenvalue weighted by atomic mass is 16.5. The van der Waals surface area contributed by atoms with Gasteiger partial charge in [0.15, 0.2) is 0 Å². The zero-order valence-corrected chi connectivity index (χ0v) is 20.8. The van der Waals surface area contributed by atoms with E-state index in [1.807, 2.05) is 78.0 Å². The van der Waals surface area contributed by atoms with Crippen LogP contribution in [0.2, 0.25) is 0 Å². The molecular weight excluding hydrogens is 400 g/mol. The average molecular weight is 441 g/mol. The Labute approximate surface area is 194 Å². The summed E-state index contributed by atoms with van der Waals surface area (Å²) < 4.78 is 11.7. The largest absolute Gasteiger partial charge is 0.497 e. The number of hydrogen-bond acceptors (Lipinski definition) is 4. The lowest BCUT2D eigenvalue weighted by Gasteiger charge is -2.34. The predicted molar refractivity (Wildman–Crippen MR) is 132 cm³/mol. The van der Waals surface area contributed by atoms with Crippen LogP contribution in [0.25, 0.3) is 6.08 Å². The molecular formula is C28H40O4. The van der Waals surface area contributed by atoms with Crippen LogP contribution in [-0.4, -0.2) is 29.7 Å². The van der Waals surface area contributed by atoms with E-state index in [1.165, 1.54) is 5.57 Å². The summed E-state index contributed by atoms with van der Waals surface area (Å²) in [5, 5.41) is 10.7. The van der Waals surface area contributed by atoms with E-state index in [-0.39, 0.29) is 5.92 Å². The molecule has 1 aliphatic rings. The summed E-state index contributed by atoms with van der Waals surface area (Å²) in [6.07, 6.45) is 11.1. The van der Waals surface area contributed by atoms with Gasteiger partial charge >= 0.3 is 0 Å². The Morgan fingerprint density at radius 2 is 2.00 bits per heavy atom. The van der Waals surface area contributed by atoms with Crippen LogP contribution < -0.4 is 9.47 Å². The number of aliphatic hydroxyl groups excluding tert-OH is 1. The maximum Gasteiger partial charge on any atom is 0.139 e. The average Bonchev–Trinajstić information content (AvgIpc) is 2.71. The minimum atomic E-state index is -0.596. The molecule has 0 saturated carbocycles. The summed E-state index contributed by atoms with van der Waals surface area (Å²) in [4.78, 5) is 12.2. The number of rotatable bonds is 11. The van der Waals surface area contributed by atoms with Crippen molar-refractivity contribution in [3.05, 3.63) is 52.6 Å². The van der Waals surface area contributed by atoms with Gasteiger partial charge in [0, 0.05) is 24.3 Å². The van der Waals surface area contributed by atoms with Gasteiger partial charge in [-0.05, 0) is 77.7 Å². The molecule has 1 heterocycles. The maximum absolute atomic E-state index is 12.2. The minimum absolute atomic E-state index is 0.0740. The van der Waals surface area contributed by atoms with Gasteiger partial charge in [0.1, 0.15) is 22.9 Å². The van der Waals surface area contributed by atoms with E-state index in [2.05, 4.69) is 0 Å². The van der Waals surface area contributed by atoms with Gasteiger partial charge in [-0.2, -0.15) is 0 Å². The number of carbonyl (C=O) groups is 1. The monoisotopic (exact) mass is 440 g/mol. The molecule has 0 aromatic heterocycles. The molecule has 3 atom stereocenters. The van der Waals surface area contributed by atoms with Crippen LogP contribution in [0.1, 0.15) is 77.8 Å². The van der Waals surface area contributed by atoms with Crippen LogP contribution in [0.15, 0.2) is 41.5 Å². The van der Waals surface area contributed by atoms with Crippen LogP contribution in [0.3, 0.4) is 0 Å². The number of aliphatic hydroxyl groups is 1. The second-order valence-corrected chi connectivity index (χ2v) is 9.64. The van der Waals surface area contributed by atoms with Gasteiger partial charge in [0.2, 0.25) is 0 Å². The highest BCUT2D eigenvalue weighted by Crippen LogP contribution is 2.38. The van der Waals surface area contributed by atoms with E-state index in [4.69, 9.17) is 9.47 Å². The Morgan fingerprint density at radius 1 is 1.28 bits per heavy atom. The molecule has 0 radical (unpaired) electrons. The normalized spacial score (nSPS) is 19.6. The molecule has 1 aromatic rings. The van der Waals surface area contributed by atoms with Crippen molar-refractivity contribution in [3.8, 4) is 11.5 Å². The summed E-state index contributed by atoms with van der Waals surface area (Å²) in [5.74, 6) is 2.03. The molecule has 0 spiro atoms. The first-order valence-electron chi connectivity index (χ1n) is 11.6. The SMILES string of the molecule is COc1cc(C)c2c(c1)C=C[C@@](C)(CC(O)/C=C(\C)CCCC(C)C(=O)CC=C(C)C)O2. The third-order valence-corrected chi connectivity index (χ3v) is 6.02. The summed E-state index contributed by atoms with van der Waals surface area (Å²) >= 11 is 0. The van der Waals surface area contributed by atoms with E-state index in [9.17, 15) is 9.90 Å². The molecule has 0 aliphatic carbocycles. The van der Waals surface area contributed by atoms with Crippen LogP contribution in [0.5, 0.6) is 11.5 Å². The Hall–Kier alpha value is -2.33. The highest BCUT2D eigenvalue weighted by Gasteiger charge is 2.30. The summed E-state index contributed by atoms with van der Waals surface area (Å²) in [5.41, 5.74) is 3.76. The molecule has 176 valence electrons. The number of aryl methyl sites for hydroxylation is 1. The second-order valence-electron chi connectivity index (χ2n) is 9.64. The van der Waals surface area contributed by atoms with Gasteiger partial charge in [-0.1, -0.05) is 36.3 Å². The van der Waals surface area contributed by atoms with Crippen molar-refractivity contribution in [2.45, 2.75) is 85.4 Å². The Kier molecular flexibility index (Phi) is 9.33. The number of allylic oxidation sites excluding steroid dienone is 3. The molecule has 1 N–H and O–H groups in total. The molecule has 2 rings (SSSR count). The van der Waals surface area contributed by atoms with Gasteiger partial charge < -0.3 is 14.6 Å². The number of Topliss-reactive ketones (excluding diaryl/α,β-unsaturated/α-hetero) is 1. The molecule has 4 heteroatoms. The summed E-state index contributed by atoms with van der Waals surface area (Å²) in [7, 11) is 1.66. The maximum atomic E-state index is 12.2. The van der Waals surface area contributed by atoms with Crippen molar-refractivity contribution in [2.24, 2.45) is 5.92 Å². The van der Waals surface area contributed by atoms with Gasteiger partial charge in [-0.25, -0.2) is 0 Å².